The minimum absolute atomic E-state index is 0.0605. The quantitative estimate of drug-likeness (QED) is 0.335. The normalized spacial score (nSPS) is 13.9. The second-order valence-electron chi connectivity index (χ2n) is 9.93. The van der Waals surface area contributed by atoms with Crippen LogP contribution in [0.15, 0.2) is 64.3 Å². The van der Waals surface area contributed by atoms with Crippen molar-refractivity contribution < 1.29 is 26.4 Å². The van der Waals surface area contributed by atoms with Crippen molar-refractivity contribution in [2.45, 2.75) is 44.3 Å². The molecule has 41 heavy (non-hydrogen) atoms. The summed E-state index contributed by atoms with van der Waals surface area (Å²) in [5, 5.41) is 3.43. The molecule has 2 N–H and O–H groups in total. The lowest BCUT2D eigenvalue weighted by atomic mass is 10.0. The van der Waals surface area contributed by atoms with Gasteiger partial charge in [-0.05, 0) is 60.9 Å². The SMILES string of the molecule is Cc1cc([C@@H](C)Nc2ccccc2S(=O)(=O)NC(=O)C(F)F)c2nc(N3Cc4ccc(F)cc4C3)n(C)c(=O)c2c1. The number of hydrogen-bond acceptors (Lipinski definition) is 7. The van der Waals surface area contributed by atoms with Crippen LogP contribution in [-0.4, -0.2) is 30.3 Å². The van der Waals surface area contributed by atoms with E-state index in [-0.39, 0.29) is 17.1 Å². The Morgan fingerprint density at radius 1 is 1.05 bits per heavy atom. The summed E-state index contributed by atoms with van der Waals surface area (Å²) in [6.07, 6.45) is -3.51. The van der Waals surface area contributed by atoms with Gasteiger partial charge in [0.15, 0.2) is 0 Å². The standard InChI is InChI=1S/C28H26F3N5O4S/c1-15-10-20(16(2)32-22-6-4-5-7-23(22)41(39,40)34-26(37)25(30)31)24-21(11-15)27(38)35(3)28(33-24)36-13-17-8-9-19(29)12-18(17)14-36/h4-12,16,25,32H,13-14H2,1-3H3,(H,34,37)/t16-/m1/s1. The highest BCUT2D eigenvalue weighted by molar-refractivity contribution is 7.90. The summed E-state index contributed by atoms with van der Waals surface area (Å²) in [6.45, 7) is 4.35. The maximum absolute atomic E-state index is 13.8. The number of alkyl halides is 2. The smallest absolute Gasteiger partial charge is 0.316 e. The number of carbonyl (C=O) groups excluding carboxylic acids is 1. The number of halogens is 3. The molecule has 0 saturated heterocycles. The number of carbonyl (C=O) groups is 1. The maximum Gasteiger partial charge on any atom is 0.316 e. The van der Waals surface area contributed by atoms with Crippen molar-refractivity contribution in [3.8, 4) is 0 Å². The number of hydrogen-bond donors (Lipinski definition) is 2. The van der Waals surface area contributed by atoms with Crippen molar-refractivity contribution in [1.82, 2.24) is 14.3 Å². The van der Waals surface area contributed by atoms with Gasteiger partial charge in [0, 0.05) is 25.7 Å². The molecule has 3 aromatic carbocycles. The lowest BCUT2D eigenvalue weighted by Gasteiger charge is -2.23. The molecule has 0 spiro atoms. The third kappa shape index (κ3) is 5.36. The highest BCUT2D eigenvalue weighted by atomic mass is 32.2. The minimum Gasteiger partial charge on any atom is -0.377 e. The van der Waals surface area contributed by atoms with Crippen LogP contribution < -0.4 is 20.5 Å². The highest BCUT2D eigenvalue weighted by Gasteiger charge is 2.28. The molecule has 0 saturated carbocycles. The molecule has 5 rings (SSSR count). The number of rotatable bonds is 7. The number of fused-ring (bicyclic) bond motifs is 2. The summed E-state index contributed by atoms with van der Waals surface area (Å²) < 4.78 is 67.6. The lowest BCUT2D eigenvalue weighted by molar-refractivity contribution is -0.129. The molecule has 1 aliphatic rings. The van der Waals surface area contributed by atoms with Crippen molar-refractivity contribution in [2.75, 3.05) is 10.2 Å². The van der Waals surface area contributed by atoms with Crippen LogP contribution >= 0.6 is 0 Å². The van der Waals surface area contributed by atoms with E-state index in [9.17, 15) is 31.2 Å². The predicted molar refractivity (Wildman–Crippen MR) is 148 cm³/mol. The van der Waals surface area contributed by atoms with Crippen molar-refractivity contribution in [1.29, 1.82) is 0 Å². The Morgan fingerprint density at radius 3 is 2.49 bits per heavy atom. The van der Waals surface area contributed by atoms with E-state index in [4.69, 9.17) is 4.98 Å². The van der Waals surface area contributed by atoms with Crippen molar-refractivity contribution in [3.63, 3.8) is 0 Å². The molecule has 9 nitrogen and oxygen atoms in total. The van der Waals surface area contributed by atoms with Gasteiger partial charge < -0.3 is 10.2 Å². The lowest BCUT2D eigenvalue weighted by Crippen LogP contribution is -2.35. The predicted octanol–water partition coefficient (Wildman–Crippen LogP) is 4.14. The molecule has 0 unspecified atom stereocenters. The molecule has 0 aliphatic carbocycles. The van der Waals surface area contributed by atoms with Crippen LogP contribution in [0, 0.1) is 12.7 Å². The first-order chi connectivity index (χ1) is 19.4. The van der Waals surface area contributed by atoms with E-state index < -0.39 is 33.3 Å². The van der Waals surface area contributed by atoms with E-state index in [2.05, 4.69) is 5.32 Å². The fraction of sp³-hybridized carbons (Fsp3) is 0.250. The van der Waals surface area contributed by atoms with Gasteiger partial charge in [-0.25, -0.2) is 22.5 Å². The summed E-state index contributed by atoms with van der Waals surface area (Å²) in [4.78, 5) is 31.3. The van der Waals surface area contributed by atoms with Crippen LogP contribution in [0.1, 0.15) is 35.2 Å². The van der Waals surface area contributed by atoms with Crippen LogP contribution in [0.2, 0.25) is 0 Å². The summed E-state index contributed by atoms with van der Waals surface area (Å²) in [7, 11) is -3.00. The molecule has 1 aromatic heterocycles. The van der Waals surface area contributed by atoms with Crippen molar-refractivity contribution >= 4 is 38.5 Å². The fourth-order valence-corrected chi connectivity index (χ4v) is 6.16. The Bertz CT molecular complexity index is 1860. The second kappa shape index (κ2) is 10.5. The first kappa shape index (κ1) is 28.1. The Morgan fingerprint density at radius 2 is 1.76 bits per heavy atom. The molecular weight excluding hydrogens is 559 g/mol. The zero-order valence-corrected chi connectivity index (χ0v) is 23.1. The van der Waals surface area contributed by atoms with Crippen molar-refractivity contribution in [3.05, 3.63) is 93.0 Å². The molecule has 1 amide bonds. The Labute approximate surface area is 233 Å². The fourth-order valence-electron chi connectivity index (χ4n) is 5.02. The van der Waals surface area contributed by atoms with Crippen LogP contribution in [0.4, 0.5) is 24.8 Å². The number of amides is 1. The molecule has 13 heteroatoms. The van der Waals surface area contributed by atoms with Crippen LogP contribution in [-0.2, 0) is 35.0 Å². The highest BCUT2D eigenvalue weighted by Crippen LogP contribution is 2.32. The summed E-state index contributed by atoms with van der Waals surface area (Å²) in [5.74, 6) is -1.90. The molecule has 4 aromatic rings. The number of benzene rings is 3. The first-order valence-corrected chi connectivity index (χ1v) is 14.1. The monoisotopic (exact) mass is 585 g/mol. The van der Waals surface area contributed by atoms with E-state index in [1.54, 1.807) is 32.2 Å². The van der Waals surface area contributed by atoms with Gasteiger partial charge in [-0.3, -0.25) is 14.2 Å². The number of nitrogens with zero attached hydrogens (tertiary/aromatic N) is 3. The Balaban J connectivity index is 1.55. The van der Waals surface area contributed by atoms with Gasteiger partial charge in [0.2, 0.25) is 5.95 Å². The van der Waals surface area contributed by atoms with Crippen molar-refractivity contribution in [2.24, 2.45) is 7.05 Å². The van der Waals surface area contributed by atoms with Gasteiger partial charge in [0.25, 0.3) is 15.6 Å². The number of aryl methyl sites for hydroxylation is 1. The molecule has 0 bridgehead atoms. The summed E-state index contributed by atoms with van der Waals surface area (Å²) >= 11 is 0. The molecule has 2 heterocycles. The Hall–Kier alpha value is -4.39. The van der Waals surface area contributed by atoms with E-state index in [1.165, 1.54) is 39.6 Å². The van der Waals surface area contributed by atoms with Gasteiger partial charge in [0.05, 0.1) is 22.6 Å². The van der Waals surface area contributed by atoms with E-state index in [1.807, 2.05) is 17.9 Å². The van der Waals surface area contributed by atoms with Crippen LogP contribution in [0.5, 0.6) is 0 Å². The number of sulfonamides is 1. The molecule has 0 fully saturated rings. The van der Waals surface area contributed by atoms with Gasteiger partial charge in [0.1, 0.15) is 10.7 Å². The third-order valence-electron chi connectivity index (χ3n) is 6.95. The number of anilines is 2. The summed E-state index contributed by atoms with van der Waals surface area (Å²) in [6, 6.07) is 13.1. The zero-order chi connectivity index (χ0) is 29.6. The average molecular weight is 586 g/mol. The van der Waals surface area contributed by atoms with E-state index >= 15 is 0 Å². The van der Waals surface area contributed by atoms with Gasteiger partial charge >= 0.3 is 12.3 Å². The minimum atomic E-state index is -4.62. The molecule has 0 radical (unpaired) electrons. The van der Waals surface area contributed by atoms with Gasteiger partial charge in [-0.1, -0.05) is 24.3 Å². The molecule has 1 atom stereocenters. The molecular formula is C28H26F3N5O4S. The number of aromatic nitrogens is 2. The van der Waals surface area contributed by atoms with Gasteiger partial charge in [-0.15, -0.1) is 0 Å². The molecule has 214 valence electrons. The second-order valence-corrected chi connectivity index (χ2v) is 11.6. The van der Waals surface area contributed by atoms with Crippen LogP contribution in [0.3, 0.4) is 0 Å². The average Bonchev–Trinajstić information content (AvgIpc) is 3.33. The Kier molecular flexibility index (Phi) is 7.24. The number of nitrogens with one attached hydrogen (secondary N) is 2. The molecule has 1 aliphatic heterocycles. The van der Waals surface area contributed by atoms with Gasteiger partial charge in [-0.2, -0.15) is 8.78 Å². The first-order valence-electron chi connectivity index (χ1n) is 12.6. The topological polar surface area (TPSA) is 113 Å². The van der Waals surface area contributed by atoms with Crippen LogP contribution in [0.25, 0.3) is 10.9 Å². The van der Waals surface area contributed by atoms with E-state index in [0.717, 1.165) is 16.7 Å². The van der Waals surface area contributed by atoms with E-state index in [0.29, 0.717) is 35.5 Å². The summed E-state index contributed by atoms with van der Waals surface area (Å²) in [5.41, 5.74) is 3.24. The largest absolute Gasteiger partial charge is 0.377 e. The third-order valence-corrected chi connectivity index (χ3v) is 8.36. The number of para-hydroxylation sites is 1. The maximum atomic E-state index is 13.8. The zero-order valence-electron chi connectivity index (χ0n) is 22.3.